The predicted octanol–water partition coefficient (Wildman–Crippen LogP) is 2.68. The third kappa shape index (κ3) is 5.34. The monoisotopic (exact) mass is 415 g/mol. The highest BCUT2D eigenvalue weighted by Crippen LogP contribution is 2.23. The summed E-state index contributed by atoms with van der Waals surface area (Å²) in [5, 5.41) is 12.8. The van der Waals surface area contributed by atoms with Gasteiger partial charge in [-0.3, -0.25) is 9.69 Å². The molecule has 1 aliphatic heterocycles. The number of hydrogen-bond donors (Lipinski definition) is 1. The molecule has 1 saturated heterocycles. The van der Waals surface area contributed by atoms with Gasteiger partial charge in [0.1, 0.15) is 5.82 Å². The molecule has 0 unspecified atom stereocenters. The Hall–Kier alpha value is -1.32. The summed E-state index contributed by atoms with van der Waals surface area (Å²) >= 11 is 13.2. The lowest BCUT2D eigenvalue weighted by atomic mass is 10.3. The average molecular weight is 416 g/mol. The molecule has 1 aliphatic rings. The number of amides is 1. The van der Waals surface area contributed by atoms with E-state index in [-0.39, 0.29) is 11.7 Å². The zero-order valence-electron chi connectivity index (χ0n) is 14.2. The van der Waals surface area contributed by atoms with Crippen LogP contribution < -0.4 is 5.32 Å². The van der Waals surface area contributed by atoms with Crippen molar-refractivity contribution in [3.05, 3.63) is 34.1 Å². The molecular formula is C16H19Cl2N5O2S. The van der Waals surface area contributed by atoms with E-state index >= 15 is 0 Å². The Morgan fingerprint density at radius 2 is 1.92 bits per heavy atom. The number of hydrogen-bond acceptors (Lipinski definition) is 6. The smallest absolute Gasteiger partial charge is 0.234 e. The molecule has 1 amide bonds. The SMILES string of the molecule is Cn1c(CN2CCOCC2)nnc1SCC(=O)Nc1cc(Cl)cc(Cl)c1. The Kier molecular flexibility index (Phi) is 6.77. The van der Waals surface area contributed by atoms with E-state index in [1.165, 1.54) is 11.8 Å². The molecule has 1 aromatic carbocycles. The second-order valence-corrected chi connectivity index (χ2v) is 7.66. The van der Waals surface area contributed by atoms with Gasteiger partial charge in [-0.15, -0.1) is 10.2 Å². The third-order valence-electron chi connectivity index (χ3n) is 3.87. The lowest BCUT2D eigenvalue weighted by Crippen LogP contribution is -2.36. The average Bonchev–Trinajstić information content (AvgIpc) is 2.93. The van der Waals surface area contributed by atoms with Gasteiger partial charge < -0.3 is 14.6 Å². The fourth-order valence-corrected chi connectivity index (χ4v) is 3.78. The number of ether oxygens (including phenoxy) is 1. The lowest BCUT2D eigenvalue weighted by Gasteiger charge is -2.25. The first-order chi connectivity index (χ1) is 12.5. The fourth-order valence-electron chi connectivity index (χ4n) is 2.52. The van der Waals surface area contributed by atoms with Crippen LogP contribution in [0.3, 0.4) is 0 Å². The minimum absolute atomic E-state index is 0.161. The predicted molar refractivity (Wildman–Crippen MR) is 103 cm³/mol. The molecule has 140 valence electrons. The van der Waals surface area contributed by atoms with Gasteiger partial charge >= 0.3 is 0 Å². The van der Waals surface area contributed by atoms with Gasteiger partial charge in [-0.1, -0.05) is 35.0 Å². The van der Waals surface area contributed by atoms with E-state index < -0.39 is 0 Å². The molecule has 7 nitrogen and oxygen atoms in total. The van der Waals surface area contributed by atoms with Crippen LogP contribution in [0.4, 0.5) is 5.69 Å². The number of halogens is 2. The van der Waals surface area contributed by atoms with Crippen molar-refractivity contribution < 1.29 is 9.53 Å². The molecule has 26 heavy (non-hydrogen) atoms. The molecule has 1 fully saturated rings. The van der Waals surface area contributed by atoms with Crippen LogP contribution in [-0.2, 0) is 23.1 Å². The quantitative estimate of drug-likeness (QED) is 0.731. The molecule has 2 heterocycles. The van der Waals surface area contributed by atoms with Gasteiger partial charge in [-0.25, -0.2) is 0 Å². The Morgan fingerprint density at radius 1 is 1.23 bits per heavy atom. The van der Waals surface area contributed by atoms with Gasteiger partial charge in [0.05, 0.1) is 25.5 Å². The molecule has 0 atom stereocenters. The van der Waals surface area contributed by atoms with Crippen molar-refractivity contribution in [1.29, 1.82) is 0 Å². The van der Waals surface area contributed by atoms with E-state index in [1.54, 1.807) is 18.2 Å². The van der Waals surface area contributed by atoms with E-state index in [2.05, 4.69) is 20.4 Å². The van der Waals surface area contributed by atoms with Crippen LogP contribution in [0.2, 0.25) is 10.0 Å². The number of rotatable bonds is 6. The number of morpholine rings is 1. The van der Waals surface area contributed by atoms with Gasteiger partial charge in [-0.05, 0) is 18.2 Å². The summed E-state index contributed by atoms with van der Waals surface area (Å²) in [4.78, 5) is 14.4. The molecule has 0 aliphatic carbocycles. The van der Waals surface area contributed by atoms with Gasteiger partial charge in [-0.2, -0.15) is 0 Å². The summed E-state index contributed by atoms with van der Waals surface area (Å²) in [6.45, 7) is 3.99. The maximum Gasteiger partial charge on any atom is 0.234 e. The van der Waals surface area contributed by atoms with E-state index in [4.69, 9.17) is 27.9 Å². The van der Waals surface area contributed by atoms with Crippen LogP contribution in [0, 0.1) is 0 Å². The summed E-state index contributed by atoms with van der Waals surface area (Å²) < 4.78 is 7.27. The van der Waals surface area contributed by atoms with Crippen LogP contribution in [-0.4, -0.2) is 57.6 Å². The van der Waals surface area contributed by atoms with Crippen molar-refractivity contribution in [2.75, 3.05) is 37.4 Å². The van der Waals surface area contributed by atoms with Crippen molar-refractivity contribution in [1.82, 2.24) is 19.7 Å². The standard InChI is InChI=1S/C16H19Cl2N5O2S/c1-22-14(9-23-2-4-25-5-3-23)20-21-16(22)26-10-15(24)19-13-7-11(17)6-12(18)8-13/h6-8H,2-5,9-10H2,1H3,(H,19,24). The highest BCUT2D eigenvalue weighted by Gasteiger charge is 2.16. The van der Waals surface area contributed by atoms with E-state index in [9.17, 15) is 4.79 Å². The van der Waals surface area contributed by atoms with Gasteiger partial charge in [0.25, 0.3) is 0 Å². The summed E-state index contributed by atoms with van der Waals surface area (Å²) in [6.07, 6.45) is 0. The van der Waals surface area contributed by atoms with Crippen LogP contribution in [0.15, 0.2) is 23.4 Å². The highest BCUT2D eigenvalue weighted by molar-refractivity contribution is 7.99. The van der Waals surface area contributed by atoms with Gasteiger partial charge in [0.15, 0.2) is 5.16 Å². The minimum atomic E-state index is -0.161. The van der Waals surface area contributed by atoms with Crippen LogP contribution >= 0.6 is 35.0 Å². The van der Waals surface area contributed by atoms with Crippen molar-refractivity contribution in [3.8, 4) is 0 Å². The van der Waals surface area contributed by atoms with E-state index in [0.717, 1.165) is 38.7 Å². The van der Waals surface area contributed by atoms with Crippen molar-refractivity contribution in [2.45, 2.75) is 11.7 Å². The number of thioether (sulfide) groups is 1. The topological polar surface area (TPSA) is 72.3 Å². The van der Waals surface area contributed by atoms with E-state index in [0.29, 0.717) is 20.9 Å². The second-order valence-electron chi connectivity index (χ2n) is 5.84. The van der Waals surface area contributed by atoms with Crippen LogP contribution in [0.1, 0.15) is 5.82 Å². The molecular weight excluding hydrogens is 397 g/mol. The molecule has 0 saturated carbocycles. The maximum absolute atomic E-state index is 12.1. The van der Waals surface area contributed by atoms with Gasteiger partial charge in [0.2, 0.25) is 5.91 Å². The fraction of sp³-hybridized carbons (Fsp3) is 0.438. The molecule has 0 radical (unpaired) electrons. The Balaban J connectivity index is 1.53. The summed E-state index contributed by atoms with van der Waals surface area (Å²) in [5.74, 6) is 0.927. The first kappa shape index (κ1) is 19.4. The maximum atomic E-state index is 12.1. The number of benzene rings is 1. The molecule has 1 N–H and O–H groups in total. The zero-order valence-corrected chi connectivity index (χ0v) is 16.6. The van der Waals surface area contributed by atoms with Crippen LogP contribution in [0.25, 0.3) is 0 Å². The van der Waals surface area contributed by atoms with Gasteiger partial charge in [0, 0.05) is 35.9 Å². The number of carbonyl (C=O) groups is 1. The van der Waals surface area contributed by atoms with Crippen molar-refractivity contribution >= 4 is 46.6 Å². The number of nitrogens with one attached hydrogen (secondary N) is 1. The lowest BCUT2D eigenvalue weighted by molar-refractivity contribution is -0.113. The first-order valence-electron chi connectivity index (χ1n) is 8.08. The molecule has 0 spiro atoms. The number of aromatic nitrogens is 3. The summed E-state index contributed by atoms with van der Waals surface area (Å²) in [6, 6.07) is 4.92. The Morgan fingerprint density at radius 3 is 2.62 bits per heavy atom. The first-order valence-corrected chi connectivity index (χ1v) is 9.82. The zero-order chi connectivity index (χ0) is 18.5. The highest BCUT2D eigenvalue weighted by atomic mass is 35.5. The summed E-state index contributed by atoms with van der Waals surface area (Å²) in [5.41, 5.74) is 0.569. The third-order valence-corrected chi connectivity index (χ3v) is 5.33. The van der Waals surface area contributed by atoms with E-state index in [1.807, 2.05) is 11.6 Å². The molecule has 0 bridgehead atoms. The summed E-state index contributed by atoms with van der Waals surface area (Å²) in [7, 11) is 1.91. The Bertz CT molecular complexity index is 760. The molecule has 3 rings (SSSR count). The normalized spacial score (nSPS) is 15.2. The van der Waals surface area contributed by atoms with Crippen molar-refractivity contribution in [3.63, 3.8) is 0 Å². The number of anilines is 1. The second kappa shape index (κ2) is 9.05. The molecule has 2 aromatic rings. The van der Waals surface area contributed by atoms with Crippen LogP contribution in [0.5, 0.6) is 0 Å². The largest absolute Gasteiger partial charge is 0.379 e. The minimum Gasteiger partial charge on any atom is -0.379 e. The number of carbonyl (C=O) groups excluding carboxylic acids is 1. The Labute approximate surface area is 166 Å². The molecule has 10 heteroatoms. The van der Waals surface area contributed by atoms with Crippen molar-refractivity contribution in [2.24, 2.45) is 7.05 Å². The molecule has 1 aromatic heterocycles. The number of nitrogens with zero attached hydrogens (tertiary/aromatic N) is 4.